The van der Waals surface area contributed by atoms with E-state index in [0.29, 0.717) is 50.3 Å². The monoisotopic (exact) mass is 308 g/mol. The molecule has 0 aliphatic carbocycles. The van der Waals surface area contributed by atoms with Crippen LogP contribution in [0.1, 0.15) is 29.5 Å². The summed E-state index contributed by atoms with van der Waals surface area (Å²) >= 11 is 0. The van der Waals surface area contributed by atoms with E-state index in [-0.39, 0.29) is 6.10 Å². The smallest absolute Gasteiger partial charge is 0.240 e. The number of hydrogen-bond donors (Lipinski definition) is 1. The van der Waals surface area contributed by atoms with E-state index >= 15 is 0 Å². The van der Waals surface area contributed by atoms with Gasteiger partial charge in [-0.15, -0.1) is 0 Å². The summed E-state index contributed by atoms with van der Waals surface area (Å²) in [4.78, 5) is 10.9. The van der Waals surface area contributed by atoms with Gasteiger partial charge in [0.15, 0.2) is 11.6 Å². The predicted molar refractivity (Wildman–Crippen MR) is 75.0 cm³/mol. The van der Waals surface area contributed by atoms with Crippen molar-refractivity contribution >= 4 is 0 Å². The van der Waals surface area contributed by atoms with Gasteiger partial charge in [0.2, 0.25) is 5.89 Å². The molecule has 1 atom stereocenters. The normalized spacial score (nSPS) is 19.6. The van der Waals surface area contributed by atoms with E-state index in [9.17, 15) is 0 Å². The summed E-state index contributed by atoms with van der Waals surface area (Å²) in [7, 11) is 1.65. The number of morpholine rings is 1. The molecule has 1 saturated heterocycles. The van der Waals surface area contributed by atoms with Crippen molar-refractivity contribution in [1.82, 2.24) is 30.2 Å². The Balaban J connectivity index is 1.57. The number of aryl methyl sites for hydroxylation is 1. The Morgan fingerprint density at radius 2 is 2.32 bits per heavy atom. The molecule has 3 heterocycles. The molecule has 2 aromatic rings. The maximum Gasteiger partial charge on any atom is 0.240 e. The number of aromatic amines is 1. The van der Waals surface area contributed by atoms with Crippen LogP contribution in [0.15, 0.2) is 4.52 Å². The lowest BCUT2D eigenvalue weighted by Gasteiger charge is -2.30. The number of nitrogens with one attached hydrogen (secondary N) is 1. The lowest BCUT2D eigenvalue weighted by Crippen LogP contribution is -2.38. The Hall–Kier alpha value is -1.84. The minimum Gasteiger partial charge on any atom is -0.384 e. The minimum atomic E-state index is -0.130. The second-order valence-electron chi connectivity index (χ2n) is 5.22. The third-order valence-electron chi connectivity index (χ3n) is 3.45. The van der Waals surface area contributed by atoms with Gasteiger partial charge in [0.1, 0.15) is 11.9 Å². The van der Waals surface area contributed by atoms with Gasteiger partial charge in [0, 0.05) is 26.6 Å². The second-order valence-corrected chi connectivity index (χ2v) is 5.22. The van der Waals surface area contributed by atoms with Crippen LogP contribution in [0.5, 0.6) is 0 Å². The van der Waals surface area contributed by atoms with Crippen molar-refractivity contribution < 1.29 is 14.0 Å². The molecule has 3 rings (SSSR count). The van der Waals surface area contributed by atoms with Crippen molar-refractivity contribution in [2.45, 2.75) is 26.0 Å². The maximum absolute atomic E-state index is 5.73. The molecule has 1 N–H and O–H groups in total. The van der Waals surface area contributed by atoms with Crippen LogP contribution in [0.4, 0.5) is 0 Å². The summed E-state index contributed by atoms with van der Waals surface area (Å²) in [6, 6.07) is 0. The molecule has 0 saturated carbocycles. The molecule has 0 spiro atoms. The van der Waals surface area contributed by atoms with Crippen molar-refractivity contribution in [2.24, 2.45) is 0 Å². The standard InChI is InChI=1S/C13H20N6O3/c1-9-14-13(17-16-9)10-7-19(4-6-21-10)8-12-15-11(18-22-12)3-5-20-2/h10H,3-8H2,1-2H3,(H,14,16,17)/t10-/m0/s1. The molecule has 0 bridgehead atoms. The van der Waals surface area contributed by atoms with Gasteiger partial charge in [-0.25, -0.2) is 4.98 Å². The van der Waals surface area contributed by atoms with E-state index in [1.165, 1.54) is 0 Å². The fourth-order valence-electron chi connectivity index (χ4n) is 2.35. The van der Waals surface area contributed by atoms with E-state index in [0.717, 1.165) is 12.4 Å². The Labute approximate surface area is 128 Å². The quantitative estimate of drug-likeness (QED) is 0.810. The van der Waals surface area contributed by atoms with Gasteiger partial charge in [-0.1, -0.05) is 5.16 Å². The van der Waals surface area contributed by atoms with Gasteiger partial charge in [0.05, 0.1) is 19.8 Å². The molecule has 2 aromatic heterocycles. The molecule has 9 heteroatoms. The molecule has 1 aliphatic rings. The highest BCUT2D eigenvalue weighted by Gasteiger charge is 2.26. The number of H-pyrrole nitrogens is 1. The number of aromatic nitrogens is 5. The van der Waals surface area contributed by atoms with Crippen LogP contribution in [0, 0.1) is 6.92 Å². The highest BCUT2D eigenvalue weighted by atomic mass is 16.5. The highest BCUT2D eigenvalue weighted by molar-refractivity contribution is 4.96. The van der Waals surface area contributed by atoms with E-state index in [2.05, 4.69) is 30.2 Å². The maximum atomic E-state index is 5.73. The summed E-state index contributed by atoms with van der Waals surface area (Å²) in [5.41, 5.74) is 0. The molecule has 1 aliphatic heterocycles. The van der Waals surface area contributed by atoms with Crippen LogP contribution < -0.4 is 0 Å². The number of nitrogens with zero attached hydrogens (tertiary/aromatic N) is 5. The van der Waals surface area contributed by atoms with Gasteiger partial charge in [-0.2, -0.15) is 10.1 Å². The van der Waals surface area contributed by atoms with Crippen LogP contribution in [-0.4, -0.2) is 63.6 Å². The number of ether oxygens (including phenoxy) is 2. The molecular formula is C13H20N6O3. The zero-order valence-electron chi connectivity index (χ0n) is 12.8. The average molecular weight is 308 g/mol. The van der Waals surface area contributed by atoms with Crippen LogP contribution in [0.25, 0.3) is 0 Å². The van der Waals surface area contributed by atoms with Crippen molar-refractivity contribution in [3.63, 3.8) is 0 Å². The predicted octanol–water partition coefficient (Wildman–Crippen LogP) is 0.259. The van der Waals surface area contributed by atoms with Gasteiger partial charge in [0.25, 0.3) is 0 Å². The van der Waals surface area contributed by atoms with Crippen molar-refractivity contribution in [3.05, 3.63) is 23.4 Å². The van der Waals surface area contributed by atoms with E-state index in [1.807, 2.05) is 6.92 Å². The largest absolute Gasteiger partial charge is 0.384 e. The van der Waals surface area contributed by atoms with Gasteiger partial charge in [-0.3, -0.25) is 10.00 Å². The number of methoxy groups -OCH3 is 1. The van der Waals surface area contributed by atoms with Crippen molar-refractivity contribution in [2.75, 3.05) is 33.4 Å². The van der Waals surface area contributed by atoms with Crippen molar-refractivity contribution in [1.29, 1.82) is 0 Å². The summed E-state index contributed by atoms with van der Waals surface area (Å²) in [5.74, 6) is 2.76. The lowest BCUT2D eigenvalue weighted by atomic mass is 10.2. The molecule has 0 radical (unpaired) electrons. The fraction of sp³-hybridized carbons (Fsp3) is 0.692. The zero-order valence-corrected chi connectivity index (χ0v) is 12.8. The molecule has 0 aromatic carbocycles. The second kappa shape index (κ2) is 6.95. The topological polar surface area (TPSA) is 102 Å². The van der Waals surface area contributed by atoms with Gasteiger partial charge in [-0.05, 0) is 6.92 Å². The van der Waals surface area contributed by atoms with Crippen LogP contribution >= 0.6 is 0 Å². The Morgan fingerprint density at radius 1 is 1.41 bits per heavy atom. The molecule has 1 fully saturated rings. The third kappa shape index (κ3) is 3.67. The first-order chi connectivity index (χ1) is 10.7. The van der Waals surface area contributed by atoms with Crippen LogP contribution in [-0.2, 0) is 22.4 Å². The average Bonchev–Trinajstić information content (AvgIpc) is 3.15. The first-order valence-corrected chi connectivity index (χ1v) is 7.28. The molecule has 9 nitrogen and oxygen atoms in total. The highest BCUT2D eigenvalue weighted by Crippen LogP contribution is 2.20. The Bertz CT molecular complexity index is 598. The Morgan fingerprint density at radius 3 is 3.09 bits per heavy atom. The molecule has 22 heavy (non-hydrogen) atoms. The molecular weight excluding hydrogens is 288 g/mol. The Kier molecular flexibility index (Phi) is 4.76. The van der Waals surface area contributed by atoms with E-state index < -0.39 is 0 Å². The van der Waals surface area contributed by atoms with Crippen LogP contribution in [0.3, 0.4) is 0 Å². The molecule has 0 unspecified atom stereocenters. The lowest BCUT2D eigenvalue weighted by molar-refractivity contribution is -0.0396. The summed E-state index contributed by atoms with van der Waals surface area (Å²) in [5, 5.41) is 11.0. The fourth-order valence-corrected chi connectivity index (χ4v) is 2.35. The minimum absolute atomic E-state index is 0.130. The number of rotatable bonds is 6. The van der Waals surface area contributed by atoms with E-state index in [4.69, 9.17) is 14.0 Å². The molecule has 0 amide bonds. The zero-order chi connectivity index (χ0) is 15.4. The summed E-state index contributed by atoms with van der Waals surface area (Å²) in [6.07, 6.45) is 0.525. The van der Waals surface area contributed by atoms with Crippen LogP contribution in [0.2, 0.25) is 0 Å². The van der Waals surface area contributed by atoms with E-state index in [1.54, 1.807) is 7.11 Å². The molecule has 120 valence electrons. The number of hydrogen-bond acceptors (Lipinski definition) is 8. The first kappa shape index (κ1) is 15.1. The summed E-state index contributed by atoms with van der Waals surface area (Å²) < 4.78 is 16.0. The first-order valence-electron chi connectivity index (χ1n) is 7.28. The van der Waals surface area contributed by atoms with Crippen molar-refractivity contribution in [3.8, 4) is 0 Å². The third-order valence-corrected chi connectivity index (χ3v) is 3.45. The van der Waals surface area contributed by atoms with Gasteiger partial charge >= 0.3 is 0 Å². The van der Waals surface area contributed by atoms with Gasteiger partial charge < -0.3 is 14.0 Å². The SMILES string of the molecule is COCCc1noc(CN2CCO[C@H](c3n[nH]c(C)n3)C2)n1. The summed E-state index contributed by atoms with van der Waals surface area (Å²) in [6.45, 7) is 5.20.